The number of anilines is 1. The van der Waals surface area contributed by atoms with Crippen LogP contribution in [-0.4, -0.2) is 35.9 Å². The molecule has 5 nitrogen and oxygen atoms in total. The molecule has 0 saturated carbocycles. The molecule has 0 amide bonds. The van der Waals surface area contributed by atoms with Crippen LogP contribution >= 0.6 is 0 Å². The van der Waals surface area contributed by atoms with E-state index in [1.165, 1.54) is 18.2 Å². The molecule has 0 aromatic heterocycles. The first-order valence-corrected chi connectivity index (χ1v) is 10.2. The molecule has 0 bridgehead atoms. The first-order chi connectivity index (χ1) is 9.16. The van der Waals surface area contributed by atoms with E-state index in [1.54, 1.807) is 0 Å². The number of hydrogen-bond acceptors (Lipinski definition) is 5. The van der Waals surface area contributed by atoms with Crippen LogP contribution in [0.3, 0.4) is 0 Å². The summed E-state index contributed by atoms with van der Waals surface area (Å²) in [5.74, 6) is 0. The SMILES string of the molecule is CCCCCNc1ccc(S(C)(=O)=O)cc1S(C)(=O)=O. The molecule has 1 N–H and O–H groups in total. The van der Waals surface area contributed by atoms with E-state index in [0.717, 1.165) is 31.8 Å². The second-order valence-corrected chi connectivity index (χ2v) is 8.84. The van der Waals surface area contributed by atoms with E-state index in [0.29, 0.717) is 12.2 Å². The molecule has 0 spiro atoms. The molecule has 1 aromatic carbocycles. The van der Waals surface area contributed by atoms with Crippen molar-refractivity contribution in [2.75, 3.05) is 24.4 Å². The normalized spacial score (nSPS) is 12.3. The van der Waals surface area contributed by atoms with Gasteiger partial charge >= 0.3 is 0 Å². The Labute approximate surface area is 121 Å². The van der Waals surface area contributed by atoms with Gasteiger partial charge in [-0.25, -0.2) is 16.8 Å². The number of rotatable bonds is 7. The highest BCUT2D eigenvalue weighted by Gasteiger charge is 2.17. The topological polar surface area (TPSA) is 80.3 Å². The van der Waals surface area contributed by atoms with Crippen LogP contribution in [0.25, 0.3) is 0 Å². The summed E-state index contributed by atoms with van der Waals surface area (Å²) in [6.45, 7) is 2.75. The zero-order chi connectivity index (χ0) is 15.4. The fourth-order valence-corrected chi connectivity index (χ4v) is 3.39. The fourth-order valence-electron chi connectivity index (χ4n) is 1.78. The maximum atomic E-state index is 11.8. The first kappa shape index (κ1) is 17.0. The minimum Gasteiger partial charge on any atom is -0.384 e. The van der Waals surface area contributed by atoms with Crippen LogP contribution in [0.5, 0.6) is 0 Å². The van der Waals surface area contributed by atoms with Crippen molar-refractivity contribution >= 4 is 25.4 Å². The molecule has 0 aliphatic rings. The Morgan fingerprint density at radius 1 is 1.00 bits per heavy atom. The van der Waals surface area contributed by atoms with E-state index in [4.69, 9.17) is 0 Å². The molecule has 114 valence electrons. The molecular formula is C13H21NO4S2. The maximum absolute atomic E-state index is 11.8. The molecule has 0 atom stereocenters. The van der Waals surface area contributed by atoms with Crippen LogP contribution in [0, 0.1) is 0 Å². The lowest BCUT2D eigenvalue weighted by Crippen LogP contribution is -2.09. The quantitative estimate of drug-likeness (QED) is 0.778. The Kier molecular flexibility index (Phi) is 5.59. The van der Waals surface area contributed by atoms with Crippen molar-refractivity contribution < 1.29 is 16.8 Å². The van der Waals surface area contributed by atoms with Crippen LogP contribution in [0.15, 0.2) is 28.0 Å². The van der Waals surface area contributed by atoms with Crippen molar-refractivity contribution in [2.45, 2.75) is 36.0 Å². The summed E-state index contributed by atoms with van der Waals surface area (Å²) in [5, 5.41) is 3.06. The van der Waals surface area contributed by atoms with Crippen LogP contribution < -0.4 is 5.32 Å². The highest BCUT2D eigenvalue weighted by atomic mass is 32.2. The Morgan fingerprint density at radius 3 is 2.15 bits per heavy atom. The van der Waals surface area contributed by atoms with Gasteiger partial charge in [0.15, 0.2) is 19.7 Å². The maximum Gasteiger partial charge on any atom is 0.177 e. The van der Waals surface area contributed by atoms with Crippen molar-refractivity contribution in [3.63, 3.8) is 0 Å². The van der Waals surface area contributed by atoms with Gasteiger partial charge in [0.2, 0.25) is 0 Å². The van der Waals surface area contributed by atoms with Gasteiger partial charge in [-0.05, 0) is 24.6 Å². The molecule has 0 unspecified atom stereocenters. The van der Waals surface area contributed by atoms with Crippen molar-refractivity contribution in [3.05, 3.63) is 18.2 Å². The van der Waals surface area contributed by atoms with Crippen molar-refractivity contribution in [2.24, 2.45) is 0 Å². The van der Waals surface area contributed by atoms with E-state index >= 15 is 0 Å². The van der Waals surface area contributed by atoms with Gasteiger partial charge in [-0.15, -0.1) is 0 Å². The van der Waals surface area contributed by atoms with E-state index in [2.05, 4.69) is 12.2 Å². The first-order valence-electron chi connectivity index (χ1n) is 6.44. The molecule has 0 saturated heterocycles. The van der Waals surface area contributed by atoms with Gasteiger partial charge in [0, 0.05) is 19.1 Å². The lowest BCUT2D eigenvalue weighted by molar-refractivity contribution is 0.600. The second-order valence-electron chi connectivity index (χ2n) is 4.84. The zero-order valence-electron chi connectivity index (χ0n) is 12.0. The third-order valence-corrected chi connectivity index (χ3v) is 5.12. The van der Waals surface area contributed by atoms with Crippen molar-refractivity contribution in [1.82, 2.24) is 0 Å². The van der Waals surface area contributed by atoms with Crippen LogP contribution in [0.4, 0.5) is 5.69 Å². The molecule has 0 aliphatic heterocycles. The highest BCUT2D eigenvalue weighted by molar-refractivity contribution is 7.91. The van der Waals surface area contributed by atoms with Gasteiger partial charge in [-0.2, -0.15) is 0 Å². The monoisotopic (exact) mass is 319 g/mol. The molecule has 0 fully saturated rings. The van der Waals surface area contributed by atoms with E-state index < -0.39 is 19.7 Å². The van der Waals surface area contributed by atoms with Crippen LogP contribution in [-0.2, 0) is 19.7 Å². The summed E-state index contributed by atoms with van der Waals surface area (Å²) in [7, 11) is -6.91. The molecule has 1 rings (SSSR count). The Bertz CT molecular complexity index is 664. The van der Waals surface area contributed by atoms with Gasteiger partial charge in [0.1, 0.15) is 0 Å². The van der Waals surface area contributed by atoms with E-state index in [9.17, 15) is 16.8 Å². The van der Waals surface area contributed by atoms with Crippen LogP contribution in [0.1, 0.15) is 26.2 Å². The zero-order valence-corrected chi connectivity index (χ0v) is 13.6. The van der Waals surface area contributed by atoms with Gasteiger partial charge in [-0.3, -0.25) is 0 Å². The molecule has 0 radical (unpaired) electrons. The number of benzene rings is 1. The minimum atomic E-state index is -3.49. The number of hydrogen-bond donors (Lipinski definition) is 1. The largest absolute Gasteiger partial charge is 0.384 e. The van der Waals surface area contributed by atoms with Crippen molar-refractivity contribution in [3.8, 4) is 0 Å². The Hall–Kier alpha value is -1.08. The van der Waals surface area contributed by atoms with E-state index in [1.807, 2.05) is 0 Å². The average molecular weight is 319 g/mol. The third kappa shape index (κ3) is 4.79. The lowest BCUT2D eigenvalue weighted by Gasteiger charge is -2.12. The van der Waals surface area contributed by atoms with Gasteiger partial charge < -0.3 is 5.32 Å². The molecule has 1 aromatic rings. The summed E-state index contributed by atoms with van der Waals surface area (Å²) >= 11 is 0. The molecule has 0 heterocycles. The standard InChI is InChI=1S/C13H21NO4S2/c1-4-5-6-9-14-12-8-7-11(19(2,15)16)10-13(12)20(3,17)18/h7-8,10,14H,4-6,9H2,1-3H3. The van der Waals surface area contributed by atoms with Crippen molar-refractivity contribution in [1.29, 1.82) is 0 Å². The Balaban J connectivity index is 3.12. The second kappa shape index (κ2) is 6.58. The molecular weight excluding hydrogens is 298 g/mol. The fraction of sp³-hybridized carbons (Fsp3) is 0.538. The number of unbranched alkanes of at least 4 members (excludes halogenated alkanes) is 2. The van der Waals surface area contributed by atoms with Gasteiger partial charge in [0.25, 0.3) is 0 Å². The summed E-state index contributed by atoms with van der Waals surface area (Å²) < 4.78 is 46.6. The van der Waals surface area contributed by atoms with Gasteiger partial charge in [0.05, 0.1) is 15.5 Å². The summed E-state index contributed by atoms with van der Waals surface area (Å²) in [6, 6.07) is 4.15. The predicted molar refractivity (Wildman–Crippen MR) is 80.7 cm³/mol. The Morgan fingerprint density at radius 2 is 1.65 bits per heavy atom. The summed E-state index contributed by atoms with van der Waals surface area (Å²) in [4.78, 5) is 0.0361. The number of sulfone groups is 2. The molecule has 20 heavy (non-hydrogen) atoms. The van der Waals surface area contributed by atoms with E-state index in [-0.39, 0.29) is 9.79 Å². The average Bonchev–Trinajstić information content (AvgIpc) is 2.32. The highest BCUT2D eigenvalue weighted by Crippen LogP contribution is 2.25. The summed E-state index contributed by atoms with van der Waals surface area (Å²) in [6.07, 6.45) is 5.21. The molecule has 7 heteroatoms. The van der Waals surface area contributed by atoms with Gasteiger partial charge in [-0.1, -0.05) is 19.8 Å². The minimum absolute atomic E-state index is 0.0111. The number of nitrogens with one attached hydrogen (secondary N) is 1. The lowest BCUT2D eigenvalue weighted by atomic mass is 10.2. The third-order valence-electron chi connectivity index (χ3n) is 2.88. The molecule has 0 aliphatic carbocycles. The smallest absolute Gasteiger partial charge is 0.177 e. The summed E-state index contributed by atoms with van der Waals surface area (Å²) in [5.41, 5.74) is 0.455. The predicted octanol–water partition coefficient (Wildman–Crippen LogP) is 2.10. The van der Waals surface area contributed by atoms with Crippen LogP contribution in [0.2, 0.25) is 0 Å².